The van der Waals surface area contributed by atoms with Gasteiger partial charge in [-0.15, -0.1) is 0 Å². The molecule has 3 rings (SSSR count). The number of carbonyl (C=O) groups excluding carboxylic acids is 2. The number of carboxylic acids is 2. The summed E-state index contributed by atoms with van der Waals surface area (Å²) in [6.45, 7) is 0. The summed E-state index contributed by atoms with van der Waals surface area (Å²) in [5.74, 6) is -3.87. The Balaban J connectivity index is 1.69. The maximum atomic E-state index is 12.5. The van der Waals surface area contributed by atoms with E-state index in [9.17, 15) is 19.2 Å². The zero-order chi connectivity index (χ0) is 26.6. The first-order valence-electron chi connectivity index (χ1n) is 11.2. The maximum absolute atomic E-state index is 12.5. The van der Waals surface area contributed by atoms with Crippen molar-refractivity contribution in [3.05, 3.63) is 95.4 Å². The first-order chi connectivity index (χ1) is 17.8. The standard InChI is InChI=1S/C26H24N4O7/c31-23(32)15-11-19(17-7-3-1-4-8-17)27-29-25(35)21-13-14-22(37-21)26(36)30-28-20(12-16-24(33)34)18-9-5-2-6-10-18/h1-10,13-14H,11-12,15-16H2,(H,29,35)(H,30,36)(H,31,32)(H,33,34)/b27-19-,28-20+. The van der Waals surface area contributed by atoms with Crippen molar-refractivity contribution >= 4 is 35.2 Å². The highest BCUT2D eigenvalue weighted by molar-refractivity contribution is 6.04. The zero-order valence-corrected chi connectivity index (χ0v) is 19.6. The second kappa shape index (κ2) is 13.1. The molecule has 0 bridgehead atoms. The number of hydrogen-bond acceptors (Lipinski definition) is 7. The molecule has 0 spiro atoms. The van der Waals surface area contributed by atoms with Crippen molar-refractivity contribution in [1.82, 2.24) is 10.9 Å². The van der Waals surface area contributed by atoms with E-state index in [1.807, 2.05) is 0 Å². The number of carbonyl (C=O) groups is 4. The van der Waals surface area contributed by atoms with Crippen LogP contribution in [0, 0.1) is 0 Å². The maximum Gasteiger partial charge on any atom is 0.307 e. The number of hydrazone groups is 2. The highest BCUT2D eigenvalue weighted by Gasteiger charge is 2.17. The summed E-state index contributed by atoms with van der Waals surface area (Å²) in [5, 5.41) is 26.1. The number of carboxylic acid groups (broad SMARTS) is 2. The Bertz CT molecular complexity index is 1210. The van der Waals surface area contributed by atoms with E-state index < -0.39 is 23.8 Å². The molecule has 0 aliphatic rings. The van der Waals surface area contributed by atoms with Crippen LogP contribution in [0.4, 0.5) is 0 Å². The van der Waals surface area contributed by atoms with Crippen LogP contribution in [0.5, 0.6) is 0 Å². The van der Waals surface area contributed by atoms with Gasteiger partial charge in [-0.2, -0.15) is 10.2 Å². The molecule has 2 amide bonds. The molecule has 11 nitrogen and oxygen atoms in total. The van der Waals surface area contributed by atoms with Crippen LogP contribution in [0.3, 0.4) is 0 Å². The van der Waals surface area contributed by atoms with Crippen molar-refractivity contribution < 1.29 is 33.8 Å². The van der Waals surface area contributed by atoms with Crippen LogP contribution in [0.15, 0.2) is 87.4 Å². The third kappa shape index (κ3) is 8.28. The van der Waals surface area contributed by atoms with Crippen molar-refractivity contribution in [1.29, 1.82) is 0 Å². The molecule has 0 aliphatic carbocycles. The topological polar surface area (TPSA) is 171 Å². The fraction of sp³-hybridized carbons (Fsp3) is 0.154. The minimum Gasteiger partial charge on any atom is -0.481 e. The first-order valence-corrected chi connectivity index (χ1v) is 11.2. The number of benzene rings is 2. The fourth-order valence-electron chi connectivity index (χ4n) is 3.17. The lowest BCUT2D eigenvalue weighted by molar-refractivity contribution is -0.137. The molecule has 3 aromatic rings. The summed E-state index contributed by atoms with van der Waals surface area (Å²) >= 11 is 0. The number of rotatable bonds is 12. The highest BCUT2D eigenvalue weighted by atomic mass is 16.4. The number of nitrogens with zero attached hydrogens (tertiary/aromatic N) is 2. The monoisotopic (exact) mass is 504 g/mol. The van der Waals surface area contributed by atoms with Crippen LogP contribution >= 0.6 is 0 Å². The van der Waals surface area contributed by atoms with E-state index in [2.05, 4.69) is 21.1 Å². The first kappa shape index (κ1) is 26.5. The third-order valence-corrected chi connectivity index (χ3v) is 5.00. The van der Waals surface area contributed by atoms with Gasteiger partial charge >= 0.3 is 23.8 Å². The van der Waals surface area contributed by atoms with Gasteiger partial charge in [0.2, 0.25) is 0 Å². The minimum atomic E-state index is -1.00. The number of aliphatic carboxylic acids is 2. The van der Waals surface area contributed by atoms with E-state index in [0.717, 1.165) is 0 Å². The van der Waals surface area contributed by atoms with Gasteiger partial charge < -0.3 is 14.6 Å². The molecule has 0 unspecified atom stereocenters. The zero-order valence-electron chi connectivity index (χ0n) is 19.6. The van der Waals surface area contributed by atoms with Crippen LogP contribution in [0.1, 0.15) is 57.9 Å². The van der Waals surface area contributed by atoms with E-state index in [1.54, 1.807) is 60.7 Å². The fourth-order valence-corrected chi connectivity index (χ4v) is 3.17. The lowest BCUT2D eigenvalue weighted by Crippen LogP contribution is -2.21. The Morgan fingerprint density at radius 1 is 0.595 bits per heavy atom. The average Bonchev–Trinajstić information content (AvgIpc) is 3.40. The molecule has 0 aliphatic heterocycles. The molecule has 37 heavy (non-hydrogen) atoms. The largest absolute Gasteiger partial charge is 0.481 e. The van der Waals surface area contributed by atoms with Crippen molar-refractivity contribution in [2.24, 2.45) is 10.2 Å². The van der Waals surface area contributed by atoms with E-state index in [1.165, 1.54) is 12.1 Å². The predicted octanol–water partition coefficient (Wildman–Crippen LogP) is 3.28. The van der Waals surface area contributed by atoms with Gasteiger partial charge in [0.25, 0.3) is 0 Å². The average molecular weight is 504 g/mol. The minimum absolute atomic E-state index is 0.0923. The molecular weight excluding hydrogens is 480 g/mol. The molecule has 4 N–H and O–H groups in total. The molecule has 0 atom stereocenters. The second-order valence-electron chi connectivity index (χ2n) is 7.68. The van der Waals surface area contributed by atoms with Crippen LogP contribution in [0.25, 0.3) is 0 Å². The summed E-state index contributed by atoms with van der Waals surface area (Å²) in [6.07, 6.45) is -0.163. The Labute approximate surface area is 211 Å². The van der Waals surface area contributed by atoms with Gasteiger partial charge in [0.15, 0.2) is 11.5 Å². The van der Waals surface area contributed by atoms with E-state index in [4.69, 9.17) is 14.6 Å². The normalized spacial score (nSPS) is 11.6. The number of hydrogen-bond donors (Lipinski definition) is 4. The van der Waals surface area contributed by atoms with Gasteiger partial charge in [-0.1, -0.05) is 60.7 Å². The lowest BCUT2D eigenvalue weighted by atomic mass is 10.1. The Hall–Kier alpha value is -5.06. The number of nitrogens with one attached hydrogen (secondary N) is 2. The van der Waals surface area contributed by atoms with E-state index in [-0.39, 0.29) is 37.2 Å². The van der Waals surface area contributed by atoms with Gasteiger partial charge in [0, 0.05) is 12.8 Å². The van der Waals surface area contributed by atoms with Crippen LogP contribution in [0.2, 0.25) is 0 Å². The Kier molecular flexibility index (Phi) is 9.43. The predicted molar refractivity (Wildman–Crippen MR) is 133 cm³/mol. The molecule has 11 heteroatoms. The van der Waals surface area contributed by atoms with Crippen molar-refractivity contribution in [2.75, 3.05) is 0 Å². The molecule has 1 aromatic heterocycles. The molecular formula is C26H24N4O7. The summed E-state index contributed by atoms with van der Waals surface area (Å²) in [5.41, 5.74) is 6.67. The SMILES string of the molecule is O=C(O)CC/C(=N/NC(=O)c1ccc(C(=O)N/N=C(\CCC(=O)O)c2ccccc2)o1)c1ccccc1. The molecule has 0 saturated carbocycles. The van der Waals surface area contributed by atoms with Crippen LogP contribution in [-0.4, -0.2) is 45.4 Å². The summed E-state index contributed by atoms with van der Waals surface area (Å²) in [7, 11) is 0. The van der Waals surface area contributed by atoms with E-state index in [0.29, 0.717) is 22.6 Å². The summed E-state index contributed by atoms with van der Waals surface area (Å²) < 4.78 is 5.33. The van der Waals surface area contributed by atoms with Crippen LogP contribution < -0.4 is 10.9 Å². The second-order valence-corrected chi connectivity index (χ2v) is 7.68. The van der Waals surface area contributed by atoms with Crippen molar-refractivity contribution in [2.45, 2.75) is 25.7 Å². The number of amides is 2. The summed E-state index contributed by atoms with van der Waals surface area (Å²) in [6, 6.07) is 20.2. The summed E-state index contributed by atoms with van der Waals surface area (Å²) in [4.78, 5) is 47.0. The van der Waals surface area contributed by atoms with Crippen molar-refractivity contribution in [3.8, 4) is 0 Å². The van der Waals surface area contributed by atoms with E-state index >= 15 is 0 Å². The Morgan fingerprint density at radius 2 is 0.973 bits per heavy atom. The van der Waals surface area contributed by atoms with Crippen LogP contribution in [-0.2, 0) is 9.59 Å². The quantitative estimate of drug-likeness (QED) is 0.216. The van der Waals surface area contributed by atoms with Gasteiger partial charge in [0.05, 0.1) is 24.3 Å². The van der Waals surface area contributed by atoms with Gasteiger partial charge in [0.1, 0.15) is 0 Å². The molecule has 0 fully saturated rings. The van der Waals surface area contributed by atoms with Crippen molar-refractivity contribution in [3.63, 3.8) is 0 Å². The molecule has 1 heterocycles. The molecule has 0 radical (unpaired) electrons. The smallest absolute Gasteiger partial charge is 0.307 e. The van der Waals surface area contributed by atoms with Gasteiger partial charge in [-0.25, -0.2) is 10.9 Å². The molecule has 2 aromatic carbocycles. The van der Waals surface area contributed by atoms with Gasteiger partial charge in [-0.3, -0.25) is 19.2 Å². The third-order valence-electron chi connectivity index (χ3n) is 5.00. The van der Waals surface area contributed by atoms with Gasteiger partial charge in [-0.05, 0) is 23.3 Å². The Morgan fingerprint density at radius 3 is 1.32 bits per heavy atom. The molecule has 190 valence electrons. The lowest BCUT2D eigenvalue weighted by Gasteiger charge is -2.06. The highest BCUT2D eigenvalue weighted by Crippen LogP contribution is 2.11. The number of furan rings is 1. The molecule has 0 saturated heterocycles.